The fourth-order valence-electron chi connectivity index (χ4n) is 9.19. The van der Waals surface area contributed by atoms with Crippen LogP contribution in [0.1, 0.15) is 22.3 Å². The number of nitrogens with zero attached hydrogens (tertiary/aromatic N) is 1. The molecule has 11 rings (SSSR count). The number of anilines is 3. The van der Waals surface area contributed by atoms with Gasteiger partial charge in [0.25, 0.3) is 0 Å². The van der Waals surface area contributed by atoms with Gasteiger partial charge in [-0.15, -0.1) is 0 Å². The molecule has 9 aromatic carbocycles. The van der Waals surface area contributed by atoms with Crippen molar-refractivity contribution in [1.82, 2.24) is 0 Å². The average Bonchev–Trinajstić information content (AvgIpc) is 3.81. The molecule has 1 aromatic heterocycles. The third kappa shape index (κ3) is 5.33. The van der Waals surface area contributed by atoms with E-state index in [4.69, 9.17) is 4.42 Å². The van der Waals surface area contributed by atoms with Crippen LogP contribution in [0, 0.1) is 0 Å². The number of fused-ring (bicyclic) bond motifs is 6. The standard InChI is InChI=1S/C55H37NO/c1-4-15-38(16-5-1)39-27-30-44(31-28-39)56(46-32-34-54-50(37-46)48-24-11-13-26-53(48)57-54)45-22-14-17-40(35-45)41-29-33-52-49(36-41)47-23-10-12-25-51(47)55(52,42-18-6-2-7-19-42)43-20-8-3-9-21-43/h1-37H. The first kappa shape index (κ1) is 33.0. The van der Waals surface area contributed by atoms with Gasteiger partial charge in [-0.25, -0.2) is 0 Å². The van der Waals surface area contributed by atoms with Crippen LogP contribution in [0.5, 0.6) is 0 Å². The lowest BCUT2D eigenvalue weighted by atomic mass is 9.67. The van der Waals surface area contributed by atoms with Crippen LogP contribution in [-0.2, 0) is 5.41 Å². The van der Waals surface area contributed by atoms with Crippen molar-refractivity contribution in [3.63, 3.8) is 0 Å². The lowest BCUT2D eigenvalue weighted by Gasteiger charge is -2.33. The highest BCUT2D eigenvalue weighted by atomic mass is 16.3. The van der Waals surface area contributed by atoms with Gasteiger partial charge in [0, 0.05) is 27.8 Å². The molecule has 2 heteroatoms. The van der Waals surface area contributed by atoms with Crippen LogP contribution >= 0.6 is 0 Å². The molecule has 2 nitrogen and oxygen atoms in total. The molecule has 0 unspecified atom stereocenters. The first-order chi connectivity index (χ1) is 28.3. The topological polar surface area (TPSA) is 16.4 Å². The molecule has 0 N–H and O–H groups in total. The van der Waals surface area contributed by atoms with Crippen molar-refractivity contribution in [2.24, 2.45) is 0 Å². The number of rotatable bonds is 7. The SMILES string of the molecule is c1ccc(-c2ccc(N(c3cccc(-c4ccc5c(c4)-c4ccccc4C5(c4ccccc4)c4ccccc4)c3)c3ccc4oc5ccccc5c4c3)cc2)cc1. The van der Waals surface area contributed by atoms with Crippen LogP contribution in [0.25, 0.3) is 55.3 Å². The van der Waals surface area contributed by atoms with E-state index in [9.17, 15) is 0 Å². The van der Waals surface area contributed by atoms with Crippen LogP contribution in [-0.4, -0.2) is 0 Å². The highest BCUT2D eigenvalue weighted by Gasteiger charge is 2.45. The zero-order chi connectivity index (χ0) is 37.8. The van der Waals surface area contributed by atoms with E-state index < -0.39 is 5.41 Å². The van der Waals surface area contributed by atoms with E-state index in [0.717, 1.165) is 44.6 Å². The van der Waals surface area contributed by atoms with Crippen molar-refractivity contribution in [2.75, 3.05) is 4.90 Å². The van der Waals surface area contributed by atoms with Crippen LogP contribution < -0.4 is 4.90 Å². The molecule has 268 valence electrons. The first-order valence-corrected chi connectivity index (χ1v) is 19.6. The Balaban J connectivity index is 1.07. The Labute approximate surface area is 332 Å². The average molecular weight is 728 g/mol. The molecule has 10 aromatic rings. The van der Waals surface area contributed by atoms with Crippen molar-refractivity contribution in [3.05, 3.63) is 247 Å². The molecule has 1 aliphatic carbocycles. The molecular weight excluding hydrogens is 691 g/mol. The fraction of sp³-hybridized carbons (Fsp3) is 0.0182. The van der Waals surface area contributed by atoms with E-state index in [1.54, 1.807) is 0 Å². The summed E-state index contributed by atoms with van der Waals surface area (Å²) in [5.41, 5.74) is 17.0. The summed E-state index contributed by atoms with van der Waals surface area (Å²) in [6.07, 6.45) is 0. The highest BCUT2D eigenvalue weighted by molar-refractivity contribution is 6.06. The van der Waals surface area contributed by atoms with Gasteiger partial charge in [0.15, 0.2) is 0 Å². The van der Waals surface area contributed by atoms with Gasteiger partial charge in [-0.2, -0.15) is 0 Å². The highest BCUT2D eigenvalue weighted by Crippen LogP contribution is 2.56. The van der Waals surface area contributed by atoms with Gasteiger partial charge in [-0.1, -0.05) is 170 Å². The summed E-state index contributed by atoms with van der Waals surface area (Å²) >= 11 is 0. The smallest absolute Gasteiger partial charge is 0.135 e. The molecule has 0 radical (unpaired) electrons. The molecule has 0 spiro atoms. The monoisotopic (exact) mass is 727 g/mol. The molecule has 0 bridgehead atoms. The zero-order valence-corrected chi connectivity index (χ0v) is 31.2. The van der Waals surface area contributed by atoms with Gasteiger partial charge in [-0.3, -0.25) is 0 Å². The van der Waals surface area contributed by atoms with E-state index >= 15 is 0 Å². The van der Waals surface area contributed by atoms with Gasteiger partial charge in [-0.05, 0) is 110 Å². The summed E-state index contributed by atoms with van der Waals surface area (Å²) in [6, 6.07) is 81.2. The number of para-hydroxylation sites is 1. The summed E-state index contributed by atoms with van der Waals surface area (Å²) in [6.45, 7) is 0. The molecule has 0 amide bonds. The molecule has 0 atom stereocenters. The Morgan fingerprint density at radius 1 is 0.316 bits per heavy atom. The second-order valence-corrected chi connectivity index (χ2v) is 14.9. The largest absolute Gasteiger partial charge is 0.456 e. The Morgan fingerprint density at radius 3 is 1.63 bits per heavy atom. The molecule has 0 fully saturated rings. The second kappa shape index (κ2) is 13.4. The zero-order valence-electron chi connectivity index (χ0n) is 31.2. The molecule has 0 aliphatic heterocycles. The van der Waals surface area contributed by atoms with E-state index in [1.807, 2.05) is 12.1 Å². The molecule has 0 saturated heterocycles. The van der Waals surface area contributed by atoms with Gasteiger partial charge in [0.1, 0.15) is 11.2 Å². The minimum atomic E-state index is -0.423. The summed E-state index contributed by atoms with van der Waals surface area (Å²) in [7, 11) is 0. The van der Waals surface area contributed by atoms with Crippen LogP contribution in [0.3, 0.4) is 0 Å². The Bertz CT molecular complexity index is 3020. The van der Waals surface area contributed by atoms with Crippen molar-refractivity contribution in [1.29, 1.82) is 0 Å². The summed E-state index contributed by atoms with van der Waals surface area (Å²) < 4.78 is 6.25. The number of hydrogen-bond donors (Lipinski definition) is 0. The third-order valence-corrected chi connectivity index (χ3v) is 11.7. The molecular formula is C55H37NO. The Hall–Kier alpha value is -7.42. The van der Waals surface area contributed by atoms with Crippen molar-refractivity contribution in [3.8, 4) is 33.4 Å². The summed E-state index contributed by atoms with van der Waals surface area (Å²) in [4.78, 5) is 2.36. The lowest BCUT2D eigenvalue weighted by Crippen LogP contribution is -2.28. The van der Waals surface area contributed by atoms with Crippen LogP contribution in [0.2, 0.25) is 0 Å². The third-order valence-electron chi connectivity index (χ3n) is 11.7. The molecule has 57 heavy (non-hydrogen) atoms. The maximum Gasteiger partial charge on any atom is 0.135 e. The van der Waals surface area contributed by atoms with Gasteiger partial charge in [0.2, 0.25) is 0 Å². The maximum atomic E-state index is 6.25. The predicted molar refractivity (Wildman–Crippen MR) is 237 cm³/mol. The second-order valence-electron chi connectivity index (χ2n) is 14.9. The van der Waals surface area contributed by atoms with Crippen LogP contribution in [0.4, 0.5) is 17.1 Å². The molecule has 1 aliphatic rings. The maximum absolute atomic E-state index is 6.25. The predicted octanol–water partition coefficient (Wildman–Crippen LogP) is 14.8. The van der Waals surface area contributed by atoms with Crippen molar-refractivity contribution >= 4 is 39.0 Å². The van der Waals surface area contributed by atoms with E-state index in [2.05, 4.69) is 217 Å². The Morgan fingerprint density at radius 2 is 0.860 bits per heavy atom. The van der Waals surface area contributed by atoms with Crippen molar-refractivity contribution in [2.45, 2.75) is 5.41 Å². The molecule has 0 saturated carbocycles. The van der Waals surface area contributed by atoms with E-state index in [0.29, 0.717) is 0 Å². The van der Waals surface area contributed by atoms with Gasteiger partial charge in [0.05, 0.1) is 5.41 Å². The van der Waals surface area contributed by atoms with Gasteiger partial charge < -0.3 is 9.32 Å². The minimum absolute atomic E-state index is 0.423. The number of furan rings is 1. The van der Waals surface area contributed by atoms with Gasteiger partial charge >= 0.3 is 0 Å². The minimum Gasteiger partial charge on any atom is -0.456 e. The number of hydrogen-bond acceptors (Lipinski definition) is 2. The first-order valence-electron chi connectivity index (χ1n) is 19.6. The Kier molecular flexibility index (Phi) is 7.75. The quantitative estimate of drug-likeness (QED) is 0.163. The van der Waals surface area contributed by atoms with E-state index in [1.165, 1.54) is 50.1 Å². The summed E-state index contributed by atoms with van der Waals surface area (Å²) in [5, 5.41) is 2.21. The normalized spacial score (nSPS) is 12.7. The molecule has 1 heterocycles. The lowest BCUT2D eigenvalue weighted by molar-refractivity contribution is 0.669. The van der Waals surface area contributed by atoms with Crippen LogP contribution in [0.15, 0.2) is 229 Å². The fourth-order valence-corrected chi connectivity index (χ4v) is 9.19. The van der Waals surface area contributed by atoms with E-state index in [-0.39, 0.29) is 0 Å². The number of benzene rings is 9. The summed E-state index contributed by atoms with van der Waals surface area (Å²) in [5.74, 6) is 0. The van der Waals surface area contributed by atoms with Crippen molar-refractivity contribution < 1.29 is 4.42 Å².